The fraction of sp³-hybridized carbons (Fsp3) is 0.316. The number of benzene rings is 2. The van der Waals surface area contributed by atoms with E-state index in [-0.39, 0.29) is 17.6 Å². The van der Waals surface area contributed by atoms with Crippen molar-refractivity contribution < 1.29 is 9.72 Å². The van der Waals surface area contributed by atoms with Crippen molar-refractivity contribution in [1.29, 1.82) is 0 Å². The van der Waals surface area contributed by atoms with Crippen LogP contribution in [-0.4, -0.2) is 16.6 Å². The number of amides is 1. The van der Waals surface area contributed by atoms with Gasteiger partial charge in [0, 0.05) is 17.9 Å². The number of carbonyl (C=O) groups is 1. The van der Waals surface area contributed by atoms with Gasteiger partial charge < -0.3 is 5.32 Å². The summed E-state index contributed by atoms with van der Waals surface area (Å²) in [6, 6.07) is 12.6. The van der Waals surface area contributed by atoms with Crippen LogP contribution in [0.3, 0.4) is 0 Å². The topological polar surface area (TPSA) is 72.2 Å². The number of nitro groups is 1. The molecule has 2 aromatic carbocycles. The van der Waals surface area contributed by atoms with Crippen LogP contribution in [-0.2, 0) is 10.5 Å². The molecule has 0 fully saturated rings. The van der Waals surface area contributed by atoms with Crippen molar-refractivity contribution in [2.24, 2.45) is 0 Å². The molecule has 1 unspecified atom stereocenters. The van der Waals surface area contributed by atoms with E-state index in [0.29, 0.717) is 11.5 Å². The first kappa shape index (κ1) is 19.0. The molecule has 0 aliphatic heterocycles. The average molecular weight is 358 g/mol. The van der Waals surface area contributed by atoms with Crippen LogP contribution in [0.25, 0.3) is 0 Å². The Morgan fingerprint density at radius 2 is 1.88 bits per heavy atom. The lowest BCUT2D eigenvalue weighted by atomic mass is 10.00. The van der Waals surface area contributed by atoms with Crippen LogP contribution in [0.1, 0.15) is 35.2 Å². The molecule has 6 heteroatoms. The molecular formula is C19H22N2O3S. The molecule has 0 saturated carbocycles. The van der Waals surface area contributed by atoms with Crippen LogP contribution in [0, 0.1) is 24.0 Å². The van der Waals surface area contributed by atoms with Crippen LogP contribution in [0.2, 0.25) is 0 Å². The van der Waals surface area contributed by atoms with Crippen molar-refractivity contribution in [2.45, 2.75) is 32.6 Å². The van der Waals surface area contributed by atoms with Gasteiger partial charge in [-0.25, -0.2) is 0 Å². The van der Waals surface area contributed by atoms with E-state index < -0.39 is 4.92 Å². The highest BCUT2D eigenvalue weighted by Gasteiger charge is 2.12. The lowest BCUT2D eigenvalue weighted by Gasteiger charge is -2.17. The smallest absolute Gasteiger partial charge is 0.269 e. The number of hydrogen-bond acceptors (Lipinski definition) is 4. The third kappa shape index (κ3) is 5.60. The third-order valence-corrected chi connectivity index (χ3v) is 4.93. The number of nitro benzene ring substituents is 1. The van der Waals surface area contributed by atoms with Gasteiger partial charge in [-0.2, -0.15) is 0 Å². The second-order valence-corrected chi connectivity index (χ2v) is 7.05. The summed E-state index contributed by atoms with van der Waals surface area (Å²) in [5, 5.41) is 13.7. The molecule has 0 aliphatic carbocycles. The highest BCUT2D eigenvalue weighted by molar-refractivity contribution is 7.99. The lowest BCUT2D eigenvalue weighted by Crippen LogP contribution is -2.28. The van der Waals surface area contributed by atoms with Gasteiger partial charge in [0.15, 0.2) is 0 Å². The standard InChI is InChI=1S/C19H22N2O3S/c1-13-4-5-14(2)18(10-13)15(3)20-19(22)12-25-11-16-6-8-17(9-7-16)21(23)24/h4-10,15H,11-12H2,1-3H3,(H,20,22). The van der Waals surface area contributed by atoms with Gasteiger partial charge in [-0.15, -0.1) is 11.8 Å². The number of carbonyl (C=O) groups excluding carboxylic acids is 1. The zero-order valence-electron chi connectivity index (χ0n) is 14.6. The Hall–Kier alpha value is -2.34. The summed E-state index contributed by atoms with van der Waals surface area (Å²) in [6.07, 6.45) is 0. The number of nitrogens with one attached hydrogen (secondary N) is 1. The zero-order chi connectivity index (χ0) is 18.4. The Kier molecular flexibility index (Phi) is 6.58. The van der Waals surface area contributed by atoms with Crippen LogP contribution in [0.5, 0.6) is 0 Å². The zero-order valence-corrected chi connectivity index (χ0v) is 15.4. The number of rotatable bonds is 7. The van der Waals surface area contributed by atoms with Crippen LogP contribution in [0.15, 0.2) is 42.5 Å². The van der Waals surface area contributed by atoms with E-state index in [4.69, 9.17) is 0 Å². The van der Waals surface area contributed by atoms with E-state index in [0.717, 1.165) is 16.7 Å². The van der Waals surface area contributed by atoms with Gasteiger partial charge in [0.25, 0.3) is 5.69 Å². The first-order chi connectivity index (χ1) is 11.9. The Bertz CT molecular complexity index is 760. The molecule has 0 heterocycles. The molecule has 0 spiro atoms. The second kappa shape index (κ2) is 8.67. The predicted octanol–water partition coefficient (Wildman–Crippen LogP) is 4.32. The van der Waals surface area contributed by atoms with Gasteiger partial charge in [0.05, 0.1) is 16.7 Å². The van der Waals surface area contributed by atoms with Gasteiger partial charge in [0.2, 0.25) is 5.91 Å². The molecule has 2 rings (SSSR count). The van der Waals surface area contributed by atoms with Gasteiger partial charge in [-0.1, -0.05) is 35.9 Å². The molecule has 0 aromatic heterocycles. The summed E-state index contributed by atoms with van der Waals surface area (Å²) >= 11 is 1.49. The quantitative estimate of drug-likeness (QED) is 0.591. The van der Waals surface area contributed by atoms with Crippen LogP contribution >= 0.6 is 11.8 Å². The number of nitrogens with zero attached hydrogens (tertiary/aromatic N) is 1. The molecular weight excluding hydrogens is 336 g/mol. The summed E-state index contributed by atoms with van der Waals surface area (Å²) in [5.74, 6) is 0.982. The molecule has 1 amide bonds. The maximum absolute atomic E-state index is 12.1. The Morgan fingerprint density at radius 1 is 1.20 bits per heavy atom. The van der Waals surface area contributed by atoms with Crippen molar-refractivity contribution in [1.82, 2.24) is 5.32 Å². The highest BCUT2D eigenvalue weighted by atomic mass is 32.2. The molecule has 0 radical (unpaired) electrons. The molecule has 132 valence electrons. The maximum Gasteiger partial charge on any atom is 0.269 e. The molecule has 0 aliphatic rings. The Balaban J connectivity index is 1.82. The van der Waals surface area contributed by atoms with Crippen LogP contribution in [0.4, 0.5) is 5.69 Å². The molecule has 25 heavy (non-hydrogen) atoms. The van der Waals surface area contributed by atoms with Crippen LogP contribution < -0.4 is 5.32 Å². The first-order valence-corrected chi connectivity index (χ1v) is 9.20. The Morgan fingerprint density at radius 3 is 2.52 bits per heavy atom. The van der Waals surface area contributed by atoms with Gasteiger partial charge in [-0.3, -0.25) is 14.9 Å². The van der Waals surface area contributed by atoms with Crippen molar-refractivity contribution in [3.63, 3.8) is 0 Å². The SMILES string of the molecule is Cc1ccc(C)c(C(C)NC(=O)CSCc2ccc([N+](=O)[O-])cc2)c1. The summed E-state index contributed by atoms with van der Waals surface area (Å²) in [7, 11) is 0. The largest absolute Gasteiger partial charge is 0.349 e. The highest BCUT2D eigenvalue weighted by Crippen LogP contribution is 2.20. The molecule has 0 saturated heterocycles. The summed E-state index contributed by atoms with van der Waals surface area (Å²) in [6.45, 7) is 6.07. The number of hydrogen-bond donors (Lipinski definition) is 1. The lowest BCUT2D eigenvalue weighted by molar-refractivity contribution is -0.384. The van der Waals surface area contributed by atoms with E-state index in [1.54, 1.807) is 12.1 Å². The van der Waals surface area contributed by atoms with Crippen molar-refractivity contribution >= 4 is 23.4 Å². The number of thioether (sulfide) groups is 1. The fourth-order valence-electron chi connectivity index (χ4n) is 2.56. The summed E-state index contributed by atoms with van der Waals surface area (Å²) in [5.41, 5.74) is 4.51. The van der Waals surface area contributed by atoms with Crippen molar-refractivity contribution in [3.8, 4) is 0 Å². The van der Waals surface area contributed by atoms with Crippen molar-refractivity contribution in [3.05, 3.63) is 74.8 Å². The maximum atomic E-state index is 12.1. The van der Waals surface area contributed by atoms with Crippen molar-refractivity contribution in [2.75, 3.05) is 5.75 Å². The minimum atomic E-state index is -0.418. The Labute approximate surface area is 152 Å². The van der Waals surface area contributed by atoms with E-state index >= 15 is 0 Å². The van der Waals surface area contributed by atoms with Gasteiger partial charge in [0.1, 0.15) is 0 Å². The molecule has 1 atom stereocenters. The summed E-state index contributed by atoms with van der Waals surface area (Å²) < 4.78 is 0. The second-order valence-electron chi connectivity index (χ2n) is 6.07. The van der Waals surface area contributed by atoms with Gasteiger partial charge >= 0.3 is 0 Å². The van der Waals surface area contributed by atoms with Gasteiger partial charge in [-0.05, 0) is 37.5 Å². The molecule has 2 aromatic rings. The summed E-state index contributed by atoms with van der Waals surface area (Å²) in [4.78, 5) is 22.3. The average Bonchev–Trinajstić information content (AvgIpc) is 2.57. The fourth-order valence-corrected chi connectivity index (χ4v) is 3.36. The number of non-ortho nitro benzene ring substituents is 1. The number of aryl methyl sites for hydroxylation is 2. The normalized spacial score (nSPS) is 11.8. The molecule has 0 bridgehead atoms. The third-order valence-electron chi connectivity index (χ3n) is 3.93. The van der Waals surface area contributed by atoms with E-state index in [9.17, 15) is 14.9 Å². The van der Waals surface area contributed by atoms with E-state index in [1.807, 2.05) is 20.8 Å². The monoisotopic (exact) mass is 358 g/mol. The first-order valence-electron chi connectivity index (χ1n) is 8.04. The van der Waals surface area contributed by atoms with E-state index in [1.165, 1.54) is 29.5 Å². The molecule has 1 N–H and O–H groups in total. The molecule has 5 nitrogen and oxygen atoms in total. The van der Waals surface area contributed by atoms with E-state index in [2.05, 4.69) is 23.5 Å². The predicted molar refractivity (Wildman–Crippen MR) is 102 cm³/mol. The minimum Gasteiger partial charge on any atom is -0.349 e. The minimum absolute atomic E-state index is 0.0136.